The molecule has 0 bridgehead atoms. The van der Waals surface area contributed by atoms with Gasteiger partial charge in [0.15, 0.2) is 0 Å². The molecule has 1 rings (SSSR count). The Kier molecular flexibility index (Phi) is 8.78. The van der Waals surface area contributed by atoms with Crippen LogP contribution in [0.1, 0.15) is 12.8 Å². The van der Waals surface area contributed by atoms with Gasteiger partial charge >= 0.3 is 5.97 Å². The molecule has 2 nitrogen and oxygen atoms in total. The van der Waals surface area contributed by atoms with Crippen molar-refractivity contribution in [3.63, 3.8) is 0 Å². The Morgan fingerprint density at radius 2 is 1.93 bits per heavy atom. The maximum atomic E-state index is 9.72. The van der Waals surface area contributed by atoms with Crippen LogP contribution in [0.25, 0.3) is 0 Å². The van der Waals surface area contributed by atoms with E-state index in [2.05, 4.69) is 28.6 Å². The highest BCUT2D eigenvalue weighted by atomic mass is 79.9. The summed E-state index contributed by atoms with van der Waals surface area (Å²) in [6, 6.07) is 9.97. The zero-order chi connectivity index (χ0) is 10.8. The van der Waals surface area contributed by atoms with Crippen LogP contribution >= 0.6 is 28.6 Å². The highest BCUT2D eigenvalue weighted by Crippen LogP contribution is 2.05. The van der Waals surface area contributed by atoms with Gasteiger partial charge in [-0.15, -0.1) is 0 Å². The number of carboxylic acid groups (broad SMARTS) is 1. The predicted octanol–water partition coefficient (Wildman–Crippen LogP) is 3.23. The van der Waals surface area contributed by atoms with E-state index in [9.17, 15) is 4.79 Å². The van der Waals surface area contributed by atoms with E-state index in [0.717, 1.165) is 4.47 Å². The number of hydrogen-bond donors (Lipinski definition) is 2. The van der Waals surface area contributed by atoms with Crippen LogP contribution in [-0.2, 0) is 4.79 Å². The van der Waals surface area contributed by atoms with E-state index in [-0.39, 0.29) is 6.42 Å². The third-order valence-corrected chi connectivity index (χ3v) is 2.13. The van der Waals surface area contributed by atoms with Gasteiger partial charge in [-0.25, -0.2) is 0 Å². The molecule has 0 atom stereocenters. The zero-order valence-electron chi connectivity index (χ0n) is 7.69. The third kappa shape index (κ3) is 9.61. The lowest BCUT2D eigenvalue weighted by Gasteiger charge is -1.85. The molecule has 0 heterocycles. The average Bonchev–Trinajstić information content (AvgIpc) is 2.17. The SMILES string of the molecule is Brc1ccccc1.O=C(O)CCCS. The highest BCUT2D eigenvalue weighted by Gasteiger charge is 1.91. The Morgan fingerprint density at radius 1 is 1.36 bits per heavy atom. The summed E-state index contributed by atoms with van der Waals surface area (Å²) in [7, 11) is 0. The molecule has 0 fully saturated rings. The Morgan fingerprint density at radius 3 is 2.14 bits per heavy atom. The van der Waals surface area contributed by atoms with Gasteiger partial charge in [-0.05, 0) is 24.3 Å². The van der Waals surface area contributed by atoms with Crippen molar-refractivity contribution in [1.29, 1.82) is 0 Å². The molecule has 78 valence electrons. The lowest BCUT2D eigenvalue weighted by atomic mass is 10.3. The van der Waals surface area contributed by atoms with E-state index in [4.69, 9.17) is 5.11 Å². The molecule has 4 heteroatoms. The molecular formula is C10H13BrO2S. The molecule has 1 aromatic rings. The number of benzene rings is 1. The fourth-order valence-electron chi connectivity index (χ4n) is 0.645. The smallest absolute Gasteiger partial charge is 0.303 e. The summed E-state index contributed by atoms with van der Waals surface area (Å²) in [6.07, 6.45) is 0.905. The summed E-state index contributed by atoms with van der Waals surface area (Å²) < 4.78 is 1.13. The molecule has 0 aliphatic rings. The monoisotopic (exact) mass is 276 g/mol. The number of hydrogen-bond acceptors (Lipinski definition) is 2. The molecular weight excluding hydrogens is 264 g/mol. The molecule has 0 amide bonds. The maximum Gasteiger partial charge on any atom is 0.303 e. The normalized spacial score (nSPS) is 8.71. The highest BCUT2D eigenvalue weighted by molar-refractivity contribution is 9.10. The Hall–Kier alpha value is -0.480. The predicted molar refractivity (Wildman–Crippen MR) is 64.9 cm³/mol. The molecule has 0 spiro atoms. The fraction of sp³-hybridized carbons (Fsp3) is 0.300. The first-order valence-corrected chi connectivity index (χ1v) is 5.62. The number of carboxylic acids is 1. The van der Waals surface area contributed by atoms with Crippen molar-refractivity contribution >= 4 is 34.5 Å². The van der Waals surface area contributed by atoms with Crippen LogP contribution in [0.3, 0.4) is 0 Å². The van der Waals surface area contributed by atoms with Crippen LogP contribution in [0.2, 0.25) is 0 Å². The molecule has 1 N–H and O–H groups in total. The molecule has 0 radical (unpaired) electrons. The summed E-state index contributed by atoms with van der Waals surface area (Å²) in [5, 5.41) is 8.01. The van der Waals surface area contributed by atoms with Crippen LogP contribution in [-0.4, -0.2) is 16.8 Å². The summed E-state index contributed by atoms with van der Waals surface area (Å²) in [4.78, 5) is 9.72. The number of carbonyl (C=O) groups is 1. The second-order valence-corrected chi connectivity index (χ2v) is 3.88. The van der Waals surface area contributed by atoms with E-state index >= 15 is 0 Å². The molecule has 0 aliphatic heterocycles. The van der Waals surface area contributed by atoms with Crippen LogP contribution in [0.5, 0.6) is 0 Å². The number of halogens is 1. The quantitative estimate of drug-likeness (QED) is 0.832. The number of aliphatic carboxylic acids is 1. The second kappa shape index (κ2) is 9.09. The van der Waals surface area contributed by atoms with Crippen molar-refractivity contribution in [3.05, 3.63) is 34.8 Å². The molecule has 0 aliphatic carbocycles. The second-order valence-electron chi connectivity index (χ2n) is 2.52. The fourth-order valence-corrected chi connectivity index (χ4v) is 1.11. The minimum absolute atomic E-state index is 0.240. The Labute approximate surface area is 97.9 Å². The maximum absolute atomic E-state index is 9.72. The van der Waals surface area contributed by atoms with Crippen LogP contribution in [0.4, 0.5) is 0 Å². The third-order valence-electron chi connectivity index (χ3n) is 1.28. The van der Waals surface area contributed by atoms with Crippen molar-refractivity contribution in [3.8, 4) is 0 Å². The lowest BCUT2D eigenvalue weighted by molar-refractivity contribution is -0.137. The minimum atomic E-state index is -0.742. The minimum Gasteiger partial charge on any atom is -0.481 e. The van der Waals surface area contributed by atoms with Crippen LogP contribution < -0.4 is 0 Å². The molecule has 0 aromatic heterocycles. The molecule has 0 saturated carbocycles. The van der Waals surface area contributed by atoms with Crippen molar-refractivity contribution in [2.24, 2.45) is 0 Å². The summed E-state index contributed by atoms with van der Waals surface area (Å²) >= 11 is 7.14. The summed E-state index contributed by atoms with van der Waals surface area (Å²) in [6.45, 7) is 0. The first-order valence-electron chi connectivity index (χ1n) is 4.20. The van der Waals surface area contributed by atoms with Gasteiger partial charge in [-0.1, -0.05) is 34.1 Å². The van der Waals surface area contributed by atoms with Gasteiger partial charge < -0.3 is 5.11 Å². The van der Waals surface area contributed by atoms with Gasteiger partial charge in [-0.2, -0.15) is 12.6 Å². The first-order chi connectivity index (χ1) is 6.66. The van der Waals surface area contributed by atoms with Crippen molar-refractivity contribution in [2.75, 3.05) is 5.75 Å². The van der Waals surface area contributed by atoms with Gasteiger partial charge in [-0.3, -0.25) is 4.79 Å². The Balaban J connectivity index is 0.000000241. The topological polar surface area (TPSA) is 37.3 Å². The summed E-state index contributed by atoms with van der Waals surface area (Å²) in [5.41, 5.74) is 0. The van der Waals surface area contributed by atoms with E-state index in [1.54, 1.807) is 0 Å². The van der Waals surface area contributed by atoms with E-state index in [1.807, 2.05) is 30.3 Å². The van der Waals surface area contributed by atoms with Crippen LogP contribution in [0, 0.1) is 0 Å². The number of rotatable bonds is 3. The molecule has 14 heavy (non-hydrogen) atoms. The largest absolute Gasteiger partial charge is 0.481 e. The van der Waals surface area contributed by atoms with Crippen LogP contribution in [0.15, 0.2) is 34.8 Å². The van der Waals surface area contributed by atoms with Crippen molar-refractivity contribution in [2.45, 2.75) is 12.8 Å². The van der Waals surface area contributed by atoms with Gasteiger partial charge in [0.25, 0.3) is 0 Å². The standard InChI is InChI=1S/C6H5Br.C4H8O2S/c7-6-4-2-1-3-5-6;5-4(6)2-1-3-7/h1-5H;7H,1-3H2,(H,5,6). The summed E-state index contributed by atoms with van der Waals surface area (Å²) in [5.74, 6) is -0.0826. The van der Waals surface area contributed by atoms with Gasteiger partial charge in [0.05, 0.1) is 0 Å². The van der Waals surface area contributed by atoms with Crippen molar-refractivity contribution < 1.29 is 9.90 Å². The van der Waals surface area contributed by atoms with Gasteiger partial charge in [0.2, 0.25) is 0 Å². The van der Waals surface area contributed by atoms with Gasteiger partial charge in [0, 0.05) is 10.9 Å². The molecule has 1 aromatic carbocycles. The molecule has 0 unspecified atom stereocenters. The first kappa shape index (κ1) is 13.5. The molecule has 0 saturated heterocycles. The zero-order valence-corrected chi connectivity index (χ0v) is 10.2. The van der Waals surface area contributed by atoms with Gasteiger partial charge in [0.1, 0.15) is 0 Å². The van der Waals surface area contributed by atoms with E-state index in [1.165, 1.54) is 0 Å². The van der Waals surface area contributed by atoms with E-state index < -0.39 is 5.97 Å². The number of thiol groups is 1. The van der Waals surface area contributed by atoms with E-state index in [0.29, 0.717) is 12.2 Å². The Bertz CT molecular complexity index is 252. The van der Waals surface area contributed by atoms with Crippen molar-refractivity contribution in [1.82, 2.24) is 0 Å². The lowest BCUT2D eigenvalue weighted by Crippen LogP contribution is -1.93. The average molecular weight is 277 g/mol.